The second-order valence-electron chi connectivity index (χ2n) is 7.33. The molecular weight excluding hydrogens is 344 g/mol. The van der Waals surface area contributed by atoms with E-state index < -0.39 is 28.9 Å². The van der Waals surface area contributed by atoms with Crippen LogP contribution in [-0.2, 0) is 14.3 Å². The number of carbonyl (C=O) groups excluding carboxylic acids is 2. The Kier molecular flexibility index (Phi) is 7.59. The Bertz CT molecular complexity index is 507. The van der Waals surface area contributed by atoms with Crippen molar-refractivity contribution < 1.29 is 24.2 Å². The molecule has 8 heteroatoms. The maximum Gasteiger partial charge on any atom is 0.408 e. The molecule has 0 aromatic heterocycles. The van der Waals surface area contributed by atoms with Gasteiger partial charge in [-0.3, -0.25) is 4.79 Å². The number of alkyl carbamates (subject to hydrolysis) is 1. The maximum atomic E-state index is 13.1. The number of likely N-dealkylation sites (tertiary alicyclic amines) is 1. The SMILES string of the molecule is CC(C)OC(=O)N[C@H](C(=O)N1CCCC1C(=O)O)C(C)(C)SC(C)C. The monoisotopic (exact) mass is 374 g/mol. The summed E-state index contributed by atoms with van der Waals surface area (Å²) in [6, 6.07) is -1.70. The Balaban J connectivity index is 3.05. The van der Waals surface area contributed by atoms with E-state index in [-0.39, 0.29) is 17.3 Å². The van der Waals surface area contributed by atoms with E-state index in [1.807, 2.05) is 27.7 Å². The topological polar surface area (TPSA) is 95.9 Å². The number of aliphatic carboxylic acids is 1. The molecule has 0 bridgehead atoms. The third-order valence-electron chi connectivity index (χ3n) is 3.91. The molecule has 1 aliphatic rings. The molecule has 0 aromatic rings. The predicted octanol–water partition coefficient (Wildman–Crippen LogP) is 2.49. The number of nitrogens with one attached hydrogen (secondary N) is 1. The molecule has 1 heterocycles. The van der Waals surface area contributed by atoms with E-state index in [4.69, 9.17) is 4.74 Å². The van der Waals surface area contributed by atoms with Crippen LogP contribution in [0.4, 0.5) is 4.79 Å². The molecule has 1 rings (SSSR count). The summed E-state index contributed by atoms with van der Waals surface area (Å²) in [5, 5.41) is 12.3. The summed E-state index contributed by atoms with van der Waals surface area (Å²) in [5.41, 5.74) is 0. The Morgan fingerprint density at radius 2 is 1.84 bits per heavy atom. The summed E-state index contributed by atoms with van der Waals surface area (Å²) in [6.07, 6.45) is 0.0954. The number of ether oxygens (including phenoxy) is 1. The van der Waals surface area contributed by atoms with Crippen LogP contribution >= 0.6 is 11.8 Å². The molecule has 2 amide bonds. The molecule has 2 atom stereocenters. The molecular formula is C17H30N2O5S. The lowest BCUT2D eigenvalue weighted by Crippen LogP contribution is -2.59. The molecule has 0 spiro atoms. The minimum Gasteiger partial charge on any atom is -0.480 e. The van der Waals surface area contributed by atoms with E-state index >= 15 is 0 Å². The van der Waals surface area contributed by atoms with Crippen molar-refractivity contribution in [2.24, 2.45) is 0 Å². The van der Waals surface area contributed by atoms with Crippen molar-refractivity contribution in [1.29, 1.82) is 0 Å². The van der Waals surface area contributed by atoms with E-state index in [0.717, 1.165) is 0 Å². The second kappa shape index (κ2) is 8.78. The molecule has 1 saturated heterocycles. The molecule has 2 N–H and O–H groups in total. The van der Waals surface area contributed by atoms with Crippen molar-refractivity contribution in [1.82, 2.24) is 10.2 Å². The molecule has 1 fully saturated rings. The third kappa shape index (κ3) is 6.09. The highest BCUT2D eigenvalue weighted by Crippen LogP contribution is 2.34. The van der Waals surface area contributed by atoms with Crippen LogP contribution < -0.4 is 5.32 Å². The predicted molar refractivity (Wildman–Crippen MR) is 97.7 cm³/mol. The number of hydrogen-bond acceptors (Lipinski definition) is 5. The van der Waals surface area contributed by atoms with Crippen LogP contribution in [0.5, 0.6) is 0 Å². The fourth-order valence-corrected chi connectivity index (χ4v) is 4.54. The van der Waals surface area contributed by atoms with Crippen molar-refractivity contribution in [2.45, 2.75) is 82.6 Å². The number of carboxylic acid groups (broad SMARTS) is 1. The largest absolute Gasteiger partial charge is 0.480 e. The lowest BCUT2D eigenvalue weighted by Gasteiger charge is -2.37. The number of nitrogens with zero attached hydrogens (tertiary/aromatic N) is 1. The summed E-state index contributed by atoms with van der Waals surface area (Å²) in [7, 11) is 0. The van der Waals surface area contributed by atoms with E-state index in [1.54, 1.807) is 25.6 Å². The first-order valence-corrected chi connectivity index (χ1v) is 9.52. The quantitative estimate of drug-likeness (QED) is 0.711. The zero-order valence-electron chi connectivity index (χ0n) is 15.9. The average molecular weight is 375 g/mol. The van der Waals surface area contributed by atoms with Crippen LogP contribution in [0.25, 0.3) is 0 Å². The first-order valence-electron chi connectivity index (χ1n) is 8.64. The van der Waals surface area contributed by atoms with Crippen LogP contribution in [0.1, 0.15) is 54.4 Å². The molecule has 1 unspecified atom stereocenters. The van der Waals surface area contributed by atoms with Gasteiger partial charge in [-0.2, -0.15) is 11.8 Å². The smallest absolute Gasteiger partial charge is 0.408 e. The second-order valence-corrected chi connectivity index (χ2v) is 9.56. The third-order valence-corrected chi connectivity index (χ3v) is 5.22. The molecule has 144 valence electrons. The summed E-state index contributed by atoms with van der Waals surface area (Å²) < 4.78 is 4.50. The highest BCUT2D eigenvalue weighted by Gasteiger charge is 2.44. The lowest BCUT2D eigenvalue weighted by atomic mass is 10.0. The van der Waals surface area contributed by atoms with Crippen molar-refractivity contribution in [3.8, 4) is 0 Å². The minimum atomic E-state index is -1.01. The fourth-order valence-electron chi connectivity index (χ4n) is 3.03. The standard InChI is InChI=1S/C17H30N2O5S/c1-10(2)24-16(23)18-13(17(5,6)25-11(3)4)14(20)19-9-7-8-12(19)15(21)22/h10-13H,7-9H2,1-6H3,(H,18,23)(H,21,22)/t12?,13-/m1/s1. The van der Waals surface area contributed by atoms with Crippen LogP contribution in [0.2, 0.25) is 0 Å². The summed E-state index contributed by atoms with van der Waals surface area (Å²) in [6.45, 7) is 11.6. The molecule has 0 radical (unpaired) electrons. The first-order chi connectivity index (χ1) is 11.5. The normalized spacial score (nSPS) is 19.2. The average Bonchev–Trinajstić information content (AvgIpc) is 2.91. The van der Waals surface area contributed by atoms with Crippen molar-refractivity contribution >= 4 is 29.7 Å². The fraction of sp³-hybridized carbons (Fsp3) is 0.824. The summed E-state index contributed by atoms with van der Waals surface area (Å²) in [4.78, 5) is 38.0. The number of thioether (sulfide) groups is 1. The maximum absolute atomic E-state index is 13.1. The zero-order chi connectivity index (χ0) is 19.4. The number of carboxylic acids is 1. The van der Waals surface area contributed by atoms with Gasteiger partial charge in [0, 0.05) is 11.3 Å². The Hall–Kier alpha value is -1.44. The van der Waals surface area contributed by atoms with Gasteiger partial charge < -0.3 is 20.1 Å². The van der Waals surface area contributed by atoms with Gasteiger partial charge in [-0.1, -0.05) is 13.8 Å². The van der Waals surface area contributed by atoms with Crippen LogP contribution in [-0.4, -0.2) is 62.7 Å². The van der Waals surface area contributed by atoms with E-state index in [2.05, 4.69) is 5.32 Å². The summed E-state index contributed by atoms with van der Waals surface area (Å²) in [5.74, 6) is -1.38. The number of hydrogen-bond donors (Lipinski definition) is 2. The van der Waals surface area contributed by atoms with Gasteiger partial charge in [-0.25, -0.2) is 9.59 Å². The van der Waals surface area contributed by atoms with Gasteiger partial charge >= 0.3 is 12.1 Å². The highest BCUT2D eigenvalue weighted by molar-refractivity contribution is 8.01. The van der Waals surface area contributed by atoms with Crippen molar-refractivity contribution in [3.63, 3.8) is 0 Å². The first kappa shape index (κ1) is 21.6. The van der Waals surface area contributed by atoms with Crippen LogP contribution in [0.15, 0.2) is 0 Å². The van der Waals surface area contributed by atoms with Crippen molar-refractivity contribution in [3.05, 3.63) is 0 Å². The Labute approximate surface area is 153 Å². The van der Waals surface area contributed by atoms with E-state index in [1.165, 1.54) is 4.90 Å². The van der Waals surface area contributed by atoms with E-state index in [0.29, 0.717) is 19.4 Å². The molecule has 0 aromatic carbocycles. The molecule has 0 aliphatic carbocycles. The summed E-state index contributed by atoms with van der Waals surface area (Å²) >= 11 is 1.56. The van der Waals surface area contributed by atoms with Gasteiger partial charge in [0.1, 0.15) is 12.1 Å². The zero-order valence-corrected chi connectivity index (χ0v) is 16.7. The molecule has 0 saturated carbocycles. The lowest BCUT2D eigenvalue weighted by molar-refractivity contribution is -0.149. The minimum absolute atomic E-state index is 0.238. The van der Waals surface area contributed by atoms with Gasteiger partial charge in [0.2, 0.25) is 5.91 Å². The van der Waals surface area contributed by atoms with Gasteiger partial charge in [-0.05, 0) is 45.8 Å². The Morgan fingerprint density at radius 1 is 1.24 bits per heavy atom. The molecule has 7 nitrogen and oxygen atoms in total. The van der Waals surface area contributed by atoms with Gasteiger partial charge in [0.15, 0.2) is 0 Å². The van der Waals surface area contributed by atoms with Gasteiger partial charge in [0.05, 0.1) is 6.10 Å². The Morgan fingerprint density at radius 3 is 2.32 bits per heavy atom. The van der Waals surface area contributed by atoms with Crippen molar-refractivity contribution in [2.75, 3.05) is 6.54 Å². The van der Waals surface area contributed by atoms with Gasteiger partial charge in [0.25, 0.3) is 0 Å². The highest BCUT2D eigenvalue weighted by atomic mass is 32.2. The van der Waals surface area contributed by atoms with Gasteiger partial charge in [-0.15, -0.1) is 0 Å². The number of amides is 2. The van der Waals surface area contributed by atoms with Crippen LogP contribution in [0, 0.1) is 0 Å². The van der Waals surface area contributed by atoms with Crippen LogP contribution in [0.3, 0.4) is 0 Å². The molecule has 25 heavy (non-hydrogen) atoms. The number of rotatable bonds is 7. The number of carbonyl (C=O) groups is 3. The molecule has 1 aliphatic heterocycles. The van der Waals surface area contributed by atoms with E-state index in [9.17, 15) is 19.5 Å².